The van der Waals surface area contributed by atoms with Gasteiger partial charge in [0.15, 0.2) is 5.76 Å². The van der Waals surface area contributed by atoms with Crippen LogP contribution in [0.4, 0.5) is 4.39 Å². The first-order valence-electron chi connectivity index (χ1n) is 7.79. The standard InChI is InChI=1S/C18H20FNO2/c19-16-6-1-4-14(12-16)8-9-15-5-2-10-20(13-15)18(21)17-7-3-11-22-17/h1,3-4,6-7,11-12,15H,2,5,8-10,13H2/t15-/m1/s1. The van der Waals surface area contributed by atoms with Gasteiger partial charge in [-0.2, -0.15) is 0 Å². The Balaban J connectivity index is 1.55. The summed E-state index contributed by atoms with van der Waals surface area (Å²) in [5.74, 6) is 0.665. The molecule has 1 atom stereocenters. The topological polar surface area (TPSA) is 33.5 Å². The number of furan rings is 1. The van der Waals surface area contributed by atoms with Crippen LogP contribution in [-0.2, 0) is 6.42 Å². The van der Waals surface area contributed by atoms with E-state index in [1.807, 2.05) is 11.0 Å². The van der Waals surface area contributed by atoms with Crippen LogP contribution in [0.25, 0.3) is 0 Å². The Morgan fingerprint density at radius 3 is 3.00 bits per heavy atom. The van der Waals surface area contributed by atoms with Gasteiger partial charge in [-0.3, -0.25) is 4.79 Å². The SMILES string of the molecule is O=C(c1ccco1)N1CCC[C@H](CCc2cccc(F)c2)C1. The Labute approximate surface area is 129 Å². The predicted molar refractivity (Wildman–Crippen MR) is 82.1 cm³/mol. The van der Waals surface area contributed by atoms with E-state index in [1.54, 1.807) is 24.3 Å². The number of nitrogens with zero attached hydrogens (tertiary/aromatic N) is 1. The molecule has 3 rings (SSSR count). The third-order valence-electron chi connectivity index (χ3n) is 4.27. The highest BCUT2D eigenvalue weighted by molar-refractivity contribution is 5.91. The maximum atomic E-state index is 13.2. The molecule has 1 saturated heterocycles. The molecule has 0 N–H and O–H groups in total. The number of aryl methyl sites for hydroxylation is 1. The molecule has 2 aromatic rings. The fourth-order valence-electron chi connectivity index (χ4n) is 3.10. The summed E-state index contributed by atoms with van der Waals surface area (Å²) in [6.07, 6.45) is 5.49. The number of piperidine rings is 1. The first-order valence-corrected chi connectivity index (χ1v) is 7.79. The molecule has 116 valence electrons. The molecule has 22 heavy (non-hydrogen) atoms. The zero-order valence-corrected chi connectivity index (χ0v) is 12.5. The fraction of sp³-hybridized carbons (Fsp3) is 0.389. The quantitative estimate of drug-likeness (QED) is 0.858. The summed E-state index contributed by atoms with van der Waals surface area (Å²) in [5.41, 5.74) is 1.02. The summed E-state index contributed by atoms with van der Waals surface area (Å²) in [6, 6.07) is 10.2. The molecule has 3 nitrogen and oxygen atoms in total. The van der Waals surface area contributed by atoms with E-state index in [0.717, 1.165) is 44.3 Å². The van der Waals surface area contributed by atoms with Gasteiger partial charge in [-0.25, -0.2) is 4.39 Å². The zero-order chi connectivity index (χ0) is 15.4. The van der Waals surface area contributed by atoms with Gasteiger partial charge in [0.25, 0.3) is 5.91 Å². The van der Waals surface area contributed by atoms with Gasteiger partial charge in [0.05, 0.1) is 6.26 Å². The maximum Gasteiger partial charge on any atom is 0.289 e. The molecule has 1 aliphatic heterocycles. The van der Waals surface area contributed by atoms with Crippen molar-refractivity contribution < 1.29 is 13.6 Å². The minimum absolute atomic E-state index is 0.0274. The molecule has 2 heterocycles. The van der Waals surface area contributed by atoms with Gasteiger partial charge in [0.1, 0.15) is 5.82 Å². The van der Waals surface area contributed by atoms with Crippen molar-refractivity contribution in [2.75, 3.05) is 13.1 Å². The Morgan fingerprint density at radius 2 is 2.23 bits per heavy atom. The smallest absolute Gasteiger partial charge is 0.289 e. The second kappa shape index (κ2) is 6.77. The van der Waals surface area contributed by atoms with Crippen LogP contribution in [0.2, 0.25) is 0 Å². The van der Waals surface area contributed by atoms with Crippen molar-refractivity contribution in [2.24, 2.45) is 5.92 Å². The van der Waals surface area contributed by atoms with Crippen LogP contribution >= 0.6 is 0 Å². The van der Waals surface area contributed by atoms with E-state index in [4.69, 9.17) is 4.42 Å². The average Bonchev–Trinajstić information content (AvgIpc) is 3.07. The second-order valence-electron chi connectivity index (χ2n) is 5.91. The molecule has 0 bridgehead atoms. The van der Waals surface area contributed by atoms with Gasteiger partial charge in [-0.15, -0.1) is 0 Å². The molecular weight excluding hydrogens is 281 g/mol. The molecule has 1 aromatic carbocycles. The van der Waals surface area contributed by atoms with Crippen LogP contribution in [0.15, 0.2) is 47.1 Å². The second-order valence-corrected chi connectivity index (χ2v) is 5.91. The van der Waals surface area contributed by atoms with Crippen molar-refractivity contribution in [3.05, 3.63) is 59.8 Å². The van der Waals surface area contributed by atoms with Gasteiger partial charge in [-0.1, -0.05) is 12.1 Å². The number of hydrogen-bond donors (Lipinski definition) is 0. The number of carbonyl (C=O) groups excluding carboxylic acids is 1. The zero-order valence-electron chi connectivity index (χ0n) is 12.5. The molecular formula is C18H20FNO2. The van der Waals surface area contributed by atoms with Gasteiger partial charge < -0.3 is 9.32 Å². The first-order chi connectivity index (χ1) is 10.7. The van der Waals surface area contributed by atoms with Crippen molar-refractivity contribution >= 4 is 5.91 Å². The van der Waals surface area contributed by atoms with E-state index in [0.29, 0.717) is 11.7 Å². The molecule has 0 saturated carbocycles. The van der Waals surface area contributed by atoms with Crippen molar-refractivity contribution in [1.29, 1.82) is 0 Å². The van der Waals surface area contributed by atoms with E-state index in [1.165, 1.54) is 12.3 Å². The van der Waals surface area contributed by atoms with E-state index in [2.05, 4.69) is 0 Å². The van der Waals surface area contributed by atoms with Crippen LogP contribution in [0, 0.1) is 11.7 Å². The molecule has 4 heteroatoms. The molecule has 0 unspecified atom stereocenters. The number of likely N-dealkylation sites (tertiary alicyclic amines) is 1. The van der Waals surface area contributed by atoms with Gasteiger partial charge in [0.2, 0.25) is 0 Å². The number of amides is 1. The average molecular weight is 301 g/mol. The summed E-state index contributed by atoms with van der Waals surface area (Å²) >= 11 is 0. The van der Waals surface area contributed by atoms with Gasteiger partial charge in [-0.05, 0) is 61.4 Å². The van der Waals surface area contributed by atoms with Crippen molar-refractivity contribution in [1.82, 2.24) is 4.90 Å². The maximum absolute atomic E-state index is 13.2. The first kappa shape index (κ1) is 14.8. The monoisotopic (exact) mass is 301 g/mol. The Bertz CT molecular complexity index is 624. The molecule has 1 fully saturated rings. The highest BCUT2D eigenvalue weighted by Gasteiger charge is 2.25. The highest BCUT2D eigenvalue weighted by Crippen LogP contribution is 2.23. The van der Waals surface area contributed by atoms with Crippen molar-refractivity contribution in [3.8, 4) is 0 Å². The molecule has 0 aliphatic carbocycles. The summed E-state index contributed by atoms with van der Waals surface area (Å²) < 4.78 is 18.4. The van der Waals surface area contributed by atoms with Crippen LogP contribution < -0.4 is 0 Å². The normalized spacial score (nSPS) is 18.4. The van der Waals surface area contributed by atoms with E-state index in [-0.39, 0.29) is 11.7 Å². The molecule has 0 spiro atoms. The Morgan fingerprint density at radius 1 is 1.32 bits per heavy atom. The lowest BCUT2D eigenvalue weighted by molar-refractivity contribution is 0.0636. The van der Waals surface area contributed by atoms with Gasteiger partial charge >= 0.3 is 0 Å². The van der Waals surface area contributed by atoms with Crippen LogP contribution in [0.1, 0.15) is 35.4 Å². The summed E-state index contributed by atoms with van der Waals surface area (Å²) in [4.78, 5) is 14.2. The largest absolute Gasteiger partial charge is 0.459 e. The third kappa shape index (κ3) is 3.56. The Hall–Kier alpha value is -2.10. The van der Waals surface area contributed by atoms with Crippen molar-refractivity contribution in [3.63, 3.8) is 0 Å². The van der Waals surface area contributed by atoms with Crippen LogP contribution in [0.3, 0.4) is 0 Å². The third-order valence-corrected chi connectivity index (χ3v) is 4.27. The minimum atomic E-state index is -0.184. The van der Waals surface area contributed by atoms with E-state index in [9.17, 15) is 9.18 Å². The molecule has 1 aromatic heterocycles. The number of carbonyl (C=O) groups is 1. The van der Waals surface area contributed by atoms with Gasteiger partial charge in [0, 0.05) is 13.1 Å². The number of hydrogen-bond acceptors (Lipinski definition) is 2. The fourth-order valence-corrected chi connectivity index (χ4v) is 3.10. The van der Waals surface area contributed by atoms with Crippen LogP contribution in [-0.4, -0.2) is 23.9 Å². The van der Waals surface area contributed by atoms with Crippen molar-refractivity contribution in [2.45, 2.75) is 25.7 Å². The molecule has 1 aliphatic rings. The molecule has 1 amide bonds. The summed E-state index contributed by atoms with van der Waals surface area (Å²) in [5, 5.41) is 0. The van der Waals surface area contributed by atoms with E-state index < -0.39 is 0 Å². The number of benzene rings is 1. The van der Waals surface area contributed by atoms with E-state index >= 15 is 0 Å². The number of halogens is 1. The minimum Gasteiger partial charge on any atom is -0.459 e. The predicted octanol–water partition coefficient (Wildman–Crippen LogP) is 3.90. The summed E-state index contributed by atoms with van der Waals surface area (Å²) in [7, 11) is 0. The summed E-state index contributed by atoms with van der Waals surface area (Å²) in [6.45, 7) is 1.55. The molecule has 0 radical (unpaired) electrons. The number of rotatable bonds is 4. The lowest BCUT2D eigenvalue weighted by atomic mass is 9.91. The van der Waals surface area contributed by atoms with Crippen LogP contribution in [0.5, 0.6) is 0 Å². The Kier molecular flexibility index (Phi) is 4.56. The highest BCUT2D eigenvalue weighted by atomic mass is 19.1. The lowest BCUT2D eigenvalue weighted by Gasteiger charge is -2.32. The lowest BCUT2D eigenvalue weighted by Crippen LogP contribution is -2.39.